The molecule has 1 amide bonds. The van der Waals surface area contributed by atoms with Gasteiger partial charge in [0.25, 0.3) is 0 Å². The van der Waals surface area contributed by atoms with E-state index in [1.54, 1.807) is 12.3 Å². The number of hydrogen-bond donors (Lipinski definition) is 0. The number of amides is 1. The topological polar surface area (TPSA) is 29.5 Å². The summed E-state index contributed by atoms with van der Waals surface area (Å²) in [5, 5.41) is 0. The highest BCUT2D eigenvalue weighted by Crippen LogP contribution is 2.04. The molecule has 3 nitrogen and oxygen atoms in total. The molecule has 0 atom stereocenters. The molecule has 0 unspecified atom stereocenters. The molecule has 1 aromatic rings. The van der Waals surface area contributed by atoms with Crippen LogP contribution in [0.1, 0.15) is 25.3 Å². The van der Waals surface area contributed by atoms with E-state index in [4.69, 9.17) is 4.74 Å². The van der Waals surface area contributed by atoms with E-state index in [1.165, 1.54) is 4.90 Å². The first-order chi connectivity index (χ1) is 9.27. The Hall–Kier alpha value is -2.03. The van der Waals surface area contributed by atoms with Gasteiger partial charge in [-0.15, -0.1) is 6.58 Å². The fraction of sp³-hybridized carbons (Fsp3) is 0.312. The van der Waals surface area contributed by atoms with E-state index in [0.717, 1.165) is 18.4 Å². The molecule has 0 heterocycles. The third-order valence-corrected chi connectivity index (χ3v) is 2.51. The van der Waals surface area contributed by atoms with Gasteiger partial charge >= 0.3 is 6.09 Å². The standard InChI is InChI=1S/C16H21NO2/c1-3-5-9-13-17(12-4-2)16(18)19-14-15-10-7-6-8-11-15/h4,6-11,13H,2-3,5,12,14H2,1H3. The van der Waals surface area contributed by atoms with Crippen molar-refractivity contribution in [3.05, 3.63) is 60.8 Å². The van der Waals surface area contributed by atoms with Gasteiger partial charge in [-0.25, -0.2) is 4.79 Å². The Kier molecular flexibility index (Phi) is 7.10. The number of rotatable bonds is 7. The number of benzene rings is 1. The highest BCUT2D eigenvalue weighted by atomic mass is 16.6. The minimum Gasteiger partial charge on any atom is -0.444 e. The second-order valence-electron chi connectivity index (χ2n) is 4.15. The molecule has 0 aromatic heterocycles. The SMILES string of the molecule is C=CCN(C=CCCC)C(=O)OCc1ccccc1. The quantitative estimate of drug-likeness (QED) is 0.689. The predicted molar refractivity (Wildman–Crippen MR) is 77.6 cm³/mol. The summed E-state index contributed by atoms with van der Waals surface area (Å²) in [5.41, 5.74) is 0.979. The van der Waals surface area contributed by atoms with Gasteiger partial charge in [0, 0.05) is 12.7 Å². The number of ether oxygens (including phenoxy) is 1. The van der Waals surface area contributed by atoms with Crippen LogP contribution in [-0.4, -0.2) is 17.5 Å². The number of carbonyl (C=O) groups is 1. The van der Waals surface area contributed by atoms with Gasteiger partial charge < -0.3 is 4.74 Å². The number of allylic oxidation sites excluding steroid dienone is 1. The van der Waals surface area contributed by atoms with Crippen molar-refractivity contribution in [2.75, 3.05) is 6.54 Å². The first-order valence-corrected chi connectivity index (χ1v) is 6.52. The van der Waals surface area contributed by atoms with E-state index in [1.807, 2.05) is 36.4 Å². The smallest absolute Gasteiger partial charge is 0.414 e. The Morgan fingerprint density at radius 2 is 2.11 bits per heavy atom. The van der Waals surface area contributed by atoms with Crippen molar-refractivity contribution in [3.63, 3.8) is 0 Å². The Balaban J connectivity index is 2.49. The molecule has 3 heteroatoms. The van der Waals surface area contributed by atoms with Crippen LogP contribution in [0.15, 0.2) is 55.3 Å². The van der Waals surface area contributed by atoms with Crippen LogP contribution in [0.25, 0.3) is 0 Å². The highest BCUT2D eigenvalue weighted by molar-refractivity contribution is 5.69. The van der Waals surface area contributed by atoms with Crippen molar-refractivity contribution in [1.82, 2.24) is 4.90 Å². The van der Waals surface area contributed by atoms with Crippen LogP contribution < -0.4 is 0 Å². The Morgan fingerprint density at radius 3 is 2.74 bits per heavy atom. The van der Waals surface area contributed by atoms with Crippen molar-refractivity contribution >= 4 is 6.09 Å². The molecule has 0 bridgehead atoms. The Labute approximate surface area is 115 Å². The molecule has 0 aliphatic rings. The van der Waals surface area contributed by atoms with E-state index < -0.39 is 0 Å². The highest BCUT2D eigenvalue weighted by Gasteiger charge is 2.10. The van der Waals surface area contributed by atoms with E-state index >= 15 is 0 Å². The van der Waals surface area contributed by atoms with Gasteiger partial charge in [0.15, 0.2) is 0 Å². The van der Waals surface area contributed by atoms with Gasteiger partial charge in [-0.2, -0.15) is 0 Å². The summed E-state index contributed by atoms with van der Waals surface area (Å²) in [7, 11) is 0. The third kappa shape index (κ3) is 5.91. The maximum absolute atomic E-state index is 11.9. The van der Waals surface area contributed by atoms with Gasteiger partial charge in [-0.05, 0) is 12.0 Å². The summed E-state index contributed by atoms with van der Waals surface area (Å²) in [6.45, 7) is 6.48. The van der Waals surface area contributed by atoms with Gasteiger partial charge in [0.2, 0.25) is 0 Å². The molecule has 0 saturated heterocycles. The zero-order chi connectivity index (χ0) is 13.9. The molecule has 0 aliphatic heterocycles. The molecule has 0 radical (unpaired) electrons. The molecule has 0 spiro atoms. The summed E-state index contributed by atoms with van der Waals surface area (Å²) in [4.78, 5) is 13.4. The Morgan fingerprint density at radius 1 is 1.37 bits per heavy atom. The largest absolute Gasteiger partial charge is 0.444 e. The average molecular weight is 259 g/mol. The van der Waals surface area contributed by atoms with E-state index in [0.29, 0.717) is 6.54 Å². The van der Waals surface area contributed by atoms with Crippen LogP contribution in [0.4, 0.5) is 4.79 Å². The second-order valence-corrected chi connectivity index (χ2v) is 4.15. The van der Waals surface area contributed by atoms with Gasteiger partial charge in [-0.1, -0.05) is 55.8 Å². The van der Waals surface area contributed by atoms with Crippen LogP contribution in [-0.2, 0) is 11.3 Å². The monoisotopic (exact) mass is 259 g/mol. The first kappa shape index (κ1) is 15.0. The zero-order valence-corrected chi connectivity index (χ0v) is 11.4. The maximum Gasteiger partial charge on any atom is 0.414 e. The third-order valence-electron chi connectivity index (χ3n) is 2.51. The van der Waals surface area contributed by atoms with E-state index in [9.17, 15) is 4.79 Å². The summed E-state index contributed by atoms with van der Waals surface area (Å²) < 4.78 is 5.26. The number of nitrogens with zero attached hydrogens (tertiary/aromatic N) is 1. The average Bonchev–Trinajstić information content (AvgIpc) is 2.45. The molecule has 102 valence electrons. The van der Waals surface area contributed by atoms with Gasteiger partial charge in [0.1, 0.15) is 6.61 Å². The molecule has 0 saturated carbocycles. The van der Waals surface area contributed by atoms with Crippen LogP contribution in [0.5, 0.6) is 0 Å². The van der Waals surface area contributed by atoms with Crippen molar-refractivity contribution < 1.29 is 9.53 Å². The summed E-state index contributed by atoms with van der Waals surface area (Å²) >= 11 is 0. The minimum absolute atomic E-state index is 0.287. The van der Waals surface area contributed by atoms with Gasteiger partial charge in [-0.3, -0.25) is 4.90 Å². The van der Waals surface area contributed by atoms with E-state index in [2.05, 4.69) is 13.5 Å². The lowest BCUT2D eigenvalue weighted by Gasteiger charge is -2.16. The fourth-order valence-electron chi connectivity index (χ4n) is 1.51. The van der Waals surface area contributed by atoms with Crippen molar-refractivity contribution in [1.29, 1.82) is 0 Å². The number of unbranched alkanes of at least 4 members (excludes halogenated alkanes) is 1. The lowest BCUT2D eigenvalue weighted by molar-refractivity contribution is 0.113. The summed E-state index contributed by atoms with van der Waals surface area (Å²) in [6, 6.07) is 9.64. The normalized spacial score (nSPS) is 10.4. The van der Waals surface area contributed by atoms with Crippen LogP contribution in [0, 0.1) is 0 Å². The summed E-state index contributed by atoms with van der Waals surface area (Å²) in [6.07, 6.45) is 7.05. The Bertz CT molecular complexity index is 412. The number of hydrogen-bond acceptors (Lipinski definition) is 2. The predicted octanol–water partition coefficient (Wildman–Crippen LogP) is 4.13. The maximum atomic E-state index is 11.9. The fourth-order valence-corrected chi connectivity index (χ4v) is 1.51. The molecule has 1 rings (SSSR count). The van der Waals surface area contributed by atoms with E-state index in [-0.39, 0.29) is 12.7 Å². The second kappa shape index (κ2) is 8.97. The molecule has 1 aromatic carbocycles. The molecule has 19 heavy (non-hydrogen) atoms. The van der Waals surface area contributed by atoms with Crippen LogP contribution >= 0.6 is 0 Å². The zero-order valence-electron chi connectivity index (χ0n) is 11.4. The molecule has 0 aliphatic carbocycles. The molecule has 0 N–H and O–H groups in total. The minimum atomic E-state index is -0.351. The van der Waals surface area contributed by atoms with Crippen molar-refractivity contribution in [2.45, 2.75) is 26.4 Å². The van der Waals surface area contributed by atoms with Crippen molar-refractivity contribution in [2.24, 2.45) is 0 Å². The summed E-state index contributed by atoms with van der Waals surface area (Å²) in [5.74, 6) is 0. The van der Waals surface area contributed by atoms with Gasteiger partial charge in [0.05, 0.1) is 0 Å². The van der Waals surface area contributed by atoms with Crippen molar-refractivity contribution in [3.8, 4) is 0 Å². The lowest BCUT2D eigenvalue weighted by atomic mass is 10.2. The molecule has 0 fully saturated rings. The van der Waals surface area contributed by atoms with Crippen LogP contribution in [0.2, 0.25) is 0 Å². The van der Waals surface area contributed by atoms with Crippen LogP contribution in [0.3, 0.4) is 0 Å². The molecular weight excluding hydrogens is 238 g/mol. The number of carbonyl (C=O) groups excluding carboxylic acids is 1. The lowest BCUT2D eigenvalue weighted by Crippen LogP contribution is -2.26. The first-order valence-electron chi connectivity index (χ1n) is 6.52. The molecular formula is C16H21NO2.